The number of allylic oxidation sites excluding steroid dienone is 1. The number of hydrogen-bond donors (Lipinski definition) is 1. The third kappa shape index (κ3) is 1.88. The van der Waals surface area contributed by atoms with E-state index in [-0.39, 0.29) is 6.10 Å². The number of rotatable bonds is 2. The number of aliphatic hydroxyl groups excluding tert-OH is 1. The summed E-state index contributed by atoms with van der Waals surface area (Å²) in [5.74, 6) is 0.628. The Morgan fingerprint density at radius 2 is 2.00 bits per heavy atom. The normalized spacial score (nSPS) is 23.3. The van der Waals surface area contributed by atoms with Gasteiger partial charge in [-0.25, -0.2) is 0 Å². The molecule has 1 aromatic carbocycles. The molecule has 2 atom stereocenters. The van der Waals surface area contributed by atoms with Crippen LogP contribution in [0.15, 0.2) is 42.0 Å². The molecule has 0 saturated carbocycles. The quantitative estimate of drug-likeness (QED) is 0.707. The van der Waals surface area contributed by atoms with Gasteiger partial charge in [-0.15, -0.1) is 0 Å². The molecule has 0 amide bonds. The molecule has 14 heavy (non-hydrogen) atoms. The van der Waals surface area contributed by atoms with Gasteiger partial charge in [-0.1, -0.05) is 43.3 Å². The zero-order valence-electron chi connectivity index (χ0n) is 8.48. The van der Waals surface area contributed by atoms with E-state index in [1.165, 1.54) is 12.0 Å². The Kier molecular flexibility index (Phi) is 2.69. The second kappa shape index (κ2) is 3.97. The lowest BCUT2D eigenvalue weighted by Gasteiger charge is -2.11. The Hall–Kier alpha value is -1.08. The monoisotopic (exact) mass is 188 g/mol. The molecule has 0 aliphatic heterocycles. The SMILES string of the molecule is CC1C=C(C(O)c2ccccc2)CC1. The average Bonchev–Trinajstić information content (AvgIpc) is 2.65. The fraction of sp³-hybridized carbons (Fsp3) is 0.385. The summed E-state index contributed by atoms with van der Waals surface area (Å²) in [5, 5.41) is 10.1. The molecule has 0 aromatic heterocycles. The lowest BCUT2D eigenvalue weighted by atomic mass is 10.0. The first kappa shape index (κ1) is 9.47. The Morgan fingerprint density at radius 3 is 2.57 bits per heavy atom. The molecule has 0 bridgehead atoms. The van der Waals surface area contributed by atoms with Crippen LogP contribution in [0.4, 0.5) is 0 Å². The maximum atomic E-state index is 10.1. The van der Waals surface area contributed by atoms with Crippen molar-refractivity contribution in [3.63, 3.8) is 0 Å². The topological polar surface area (TPSA) is 20.2 Å². The second-order valence-electron chi connectivity index (χ2n) is 4.07. The van der Waals surface area contributed by atoms with Crippen LogP contribution in [0.1, 0.15) is 31.4 Å². The lowest BCUT2D eigenvalue weighted by molar-refractivity contribution is 0.212. The maximum Gasteiger partial charge on any atom is 0.100 e. The van der Waals surface area contributed by atoms with Crippen LogP contribution in [0.2, 0.25) is 0 Å². The molecule has 0 spiro atoms. The van der Waals surface area contributed by atoms with Crippen LogP contribution >= 0.6 is 0 Å². The molecule has 1 aliphatic carbocycles. The fourth-order valence-corrected chi connectivity index (χ4v) is 2.00. The van der Waals surface area contributed by atoms with Crippen molar-refractivity contribution in [2.45, 2.75) is 25.9 Å². The Balaban J connectivity index is 2.17. The fourth-order valence-electron chi connectivity index (χ4n) is 2.00. The summed E-state index contributed by atoms with van der Waals surface area (Å²) in [6.07, 6.45) is 4.04. The molecular formula is C13H16O. The van der Waals surface area contributed by atoms with Crippen molar-refractivity contribution >= 4 is 0 Å². The minimum Gasteiger partial charge on any atom is -0.384 e. The summed E-state index contributed by atoms with van der Waals surface area (Å²) in [5.41, 5.74) is 2.19. The Morgan fingerprint density at radius 1 is 1.29 bits per heavy atom. The minimum atomic E-state index is -0.388. The maximum absolute atomic E-state index is 10.1. The third-order valence-electron chi connectivity index (χ3n) is 2.85. The highest BCUT2D eigenvalue weighted by Gasteiger charge is 2.19. The van der Waals surface area contributed by atoms with E-state index < -0.39 is 0 Å². The van der Waals surface area contributed by atoms with Crippen LogP contribution in [0.5, 0.6) is 0 Å². The molecule has 74 valence electrons. The van der Waals surface area contributed by atoms with Crippen molar-refractivity contribution < 1.29 is 5.11 Å². The van der Waals surface area contributed by atoms with Crippen molar-refractivity contribution in [2.24, 2.45) is 5.92 Å². The molecule has 1 heteroatoms. The van der Waals surface area contributed by atoms with Gasteiger partial charge in [-0.05, 0) is 29.9 Å². The highest BCUT2D eigenvalue weighted by molar-refractivity contribution is 5.27. The first-order valence-corrected chi connectivity index (χ1v) is 5.21. The van der Waals surface area contributed by atoms with E-state index in [2.05, 4.69) is 13.0 Å². The highest BCUT2D eigenvalue weighted by Crippen LogP contribution is 2.32. The molecule has 1 N–H and O–H groups in total. The van der Waals surface area contributed by atoms with Crippen LogP contribution in [0.3, 0.4) is 0 Å². The minimum absolute atomic E-state index is 0.388. The summed E-state index contributed by atoms with van der Waals surface area (Å²) in [6, 6.07) is 9.87. The number of aliphatic hydroxyl groups is 1. The van der Waals surface area contributed by atoms with Crippen molar-refractivity contribution in [2.75, 3.05) is 0 Å². The van der Waals surface area contributed by atoms with Gasteiger partial charge in [0.1, 0.15) is 6.10 Å². The standard InChI is InChI=1S/C13H16O/c1-10-7-8-12(9-10)13(14)11-5-3-2-4-6-11/h2-6,9-10,13-14H,7-8H2,1H3. The van der Waals surface area contributed by atoms with Gasteiger partial charge in [0.25, 0.3) is 0 Å². The van der Waals surface area contributed by atoms with Gasteiger partial charge in [0.15, 0.2) is 0 Å². The molecule has 0 saturated heterocycles. The van der Waals surface area contributed by atoms with Crippen LogP contribution in [-0.4, -0.2) is 5.11 Å². The molecule has 2 unspecified atom stereocenters. The van der Waals surface area contributed by atoms with Crippen LogP contribution in [-0.2, 0) is 0 Å². The smallest absolute Gasteiger partial charge is 0.100 e. The zero-order valence-corrected chi connectivity index (χ0v) is 8.48. The van der Waals surface area contributed by atoms with Gasteiger partial charge in [0.2, 0.25) is 0 Å². The van der Waals surface area contributed by atoms with Gasteiger partial charge in [-0.3, -0.25) is 0 Å². The first-order valence-electron chi connectivity index (χ1n) is 5.21. The van der Waals surface area contributed by atoms with Crippen molar-refractivity contribution in [1.82, 2.24) is 0 Å². The van der Waals surface area contributed by atoms with Crippen molar-refractivity contribution in [1.29, 1.82) is 0 Å². The van der Waals surface area contributed by atoms with Crippen molar-refractivity contribution in [3.05, 3.63) is 47.5 Å². The Labute approximate surface area is 85.1 Å². The Bertz CT molecular complexity index is 326. The number of hydrogen-bond acceptors (Lipinski definition) is 1. The lowest BCUT2D eigenvalue weighted by Crippen LogP contribution is -1.98. The van der Waals surface area contributed by atoms with Crippen LogP contribution in [0.25, 0.3) is 0 Å². The van der Waals surface area contributed by atoms with E-state index in [1.807, 2.05) is 30.3 Å². The summed E-state index contributed by atoms with van der Waals surface area (Å²) < 4.78 is 0. The van der Waals surface area contributed by atoms with E-state index in [0.29, 0.717) is 5.92 Å². The summed E-state index contributed by atoms with van der Waals surface area (Å²) in [6.45, 7) is 2.20. The van der Waals surface area contributed by atoms with Gasteiger partial charge >= 0.3 is 0 Å². The van der Waals surface area contributed by atoms with Crippen LogP contribution < -0.4 is 0 Å². The first-order chi connectivity index (χ1) is 6.77. The molecule has 1 nitrogen and oxygen atoms in total. The van der Waals surface area contributed by atoms with Gasteiger partial charge < -0.3 is 5.11 Å². The van der Waals surface area contributed by atoms with Gasteiger partial charge in [0.05, 0.1) is 0 Å². The van der Waals surface area contributed by atoms with Crippen molar-refractivity contribution in [3.8, 4) is 0 Å². The van der Waals surface area contributed by atoms with E-state index in [1.54, 1.807) is 0 Å². The summed E-state index contributed by atoms with van der Waals surface area (Å²) in [7, 11) is 0. The van der Waals surface area contributed by atoms with E-state index >= 15 is 0 Å². The molecule has 0 fully saturated rings. The molecule has 0 radical (unpaired) electrons. The summed E-state index contributed by atoms with van der Waals surface area (Å²) in [4.78, 5) is 0. The second-order valence-corrected chi connectivity index (χ2v) is 4.07. The predicted octanol–water partition coefficient (Wildman–Crippen LogP) is 3.08. The van der Waals surface area contributed by atoms with E-state index in [0.717, 1.165) is 12.0 Å². The average molecular weight is 188 g/mol. The zero-order chi connectivity index (χ0) is 9.97. The van der Waals surface area contributed by atoms with E-state index in [9.17, 15) is 5.11 Å². The largest absolute Gasteiger partial charge is 0.384 e. The molecule has 2 rings (SSSR count). The summed E-state index contributed by atoms with van der Waals surface area (Å²) >= 11 is 0. The van der Waals surface area contributed by atoms with Crippen LogP contribution in [0, 0.1) is 5.92 Å². The number of benzene rings is 1. The van der Waals surface area contributed by atoms with Gasteiger partial charge in [0, 0.05) is 0 Å². The molecule has 0 heterocycles. The predicted molar refractivity (Wildman–Crippen MR) is 57.9 cm³/mol. The molecule has 1 aliphatic rings. The van der Waals surface area contributed by atoms with E-state index in [4.69, 9.17) is 0 Å². The third-order valence-corrected chi connectivity index (χ3v) is 2.85. The highest BCUT2D eigenvalue weighted by atomic mass is 16.3. The molecule has 1 aromatic rings. The molecular weight excluding hydrogens is 172 g/mol. The van der Waals surface area contributed by atoms with Gasteiger partial charge in [-0.2, -0.15) is 0 Å².